The van der Waals surface area contributed by atoms with Gasteiger partial charge in [0, 0.05) is 0 Å². The van der Waals surface area contributed by atoms with Crippen LogP contribution in [-0.2, 0) is 23.0 Å². The second-order valence-electron chi connectivity index (χ2n) is 6.51. The molecule has 0 spiro atoms. The highest BCUT2D eigenvalue weighted by atomic mass is 31.3. The maximum Gasteiger partial charge on any atom is 0.355 e. The zero-order chi connectivity index (χ0) is 23.4. The number of fused-ring (bicyclic) bond motifs is 1. The SMILES string of the molecule is Nc1ncnc2c1ncn2[C@@H]1O[C@H](COP(=O)(O)C(P(=O)(O)O)P(=O)(O)O)[C@@H](O)[C@H]1O. The van der Waals surface area contributed by atoms with E-state index in [1.165, 1.54) is 10.9 Å². The summed E-state index contributed by atoms with van der Waals surface area (Å²) in [5.41, 5.74) is 5.96. The molecule has 0 bridgehead atoms. The summed E-state index contributed by atoms with van der Waals surface area (Å²) in [6.07, 6.45) is -3.95. The van der Waals surface area contributed by atoms with Crippen LogP contribution >= 0.6 is 22.8 Å². The van der Waals surface area contributed by atoms with Crippen LogP contribution in [0.15, 0.2) is 12.7 Å². The highest BCUT2D eigenvalue weighted by Gasteiger charge is 2.57. The monoisotopic (exact) mass is 505 g/mol. The lowest BCUT2D eigenvalue weighted by molar-refractivity contribution is -0.0484. The Morgan fingerprint density at radius 1 is 1.06 bits per heavy atom. The van der Waals surface area contributed by atoms with Crippen LogP contribution in [0.2, 0.25) is 0 Å². The predicted molar refractivity (Wildman–Crippen MR) is 99.3 cm³/mol. The number of hydrogen-bond acceptors (Lipinski definition) is 11. The Morgan fingerprint density at radius 3 is 2.26 bits per heavy atom. The Bertz CT molecular complexity index is 1090. The fraction of sp³-hybridized carbons (Fsp3) is 0.545. The maximum absolute atomic E-state index is 12.2. The Balaban J connectivity index is 1.80. The minimum atomic E-state index is -5.78. The number of aliphatic hydroxyl groups excluding tert-OH is 2. The van der Waals surface area contributed by atoms with E-state index < -0.39 is 59.1 Å². The standard InChI is InChI=1S/C11H18N5O12P3/c12-8-5-9(14-2-13-8)16(3-15-5)10-7(18)6(17)4(28-10)1-27-31(25,26)11(29(19,20)21)30(22,23)24/h2-4,6-7,10-11,17-18H,1H2,(H,25,26)(H2,12,13,14)(H2,19,20,21)(H2,22,23,24)/t4-,6-,7-,10-/m1/s1. The van der Waals surface area contributed by atoms with Gasteiger partial charge in [-0.25, -0.2) is 15.0 Å². The van der Waals surface area contributed by atoms with Gasteiger partial charge in [0.1, 0.15) is 30.2 Å². The Labute approximate surface area is 172 Å². The molecule has 0 radical (unpaired) electrons. The minimum Gasteiger partial charge on any atom is -0.387 e. The van der Waals surface area contributed by atoms with E-state index in [0.29, 0.717) is 0 Å². The third-order valence-electron chi connectivity index (χ3n) is 4.32. The van der Waals surface area contributed by atoms with Gasteiger partial charge in [-0.3, -0.25) is 18.3 Å². The van der Waals surface area contributed by atoms with E-state index >= 15 is 0 Å². The summed E-state index contributed by atoms with van der Waals surface area (Å²) in [6.45, 7) is -1.05. The molecule has 174 valence electrons. The number of aliphatic hydroxyl groups is 2. The summed E-state index contributed by atoms with van der Waals surface area (Å²) < 4.78 is 45.9. The van der Waals surface area contributed by atoms with Gasteiger partial charge in [-0.2, -0.15) is 0 Å². The van der Waals surface area contributed by atoms with Crippen LogP contribution in [0.4, 0.5) is 5.82 Å². The summed E-state index contributed by atoms with van der Waals surface area (Å²) in [7, 11) is -17.2. The molecule has 17 nitrogen and oxygen atoms in total. The van der Waals surface area contributed by atoms with Gasteiger partial charge >= 0.3 is 22.8 Å². The van der Waals surface area contributed by atoms with Crippen molar-refractivity contribution in [1.82, 2.24) is 19.5 Å². The van der Waals surface area contributed by atoms with Gasteiger partial charge in [0.05, 0.1) is 12.9 Å². The van der Waals surface area contributed by atoms with Crippen molar-refractivity contribution in [2.75, 3.05) is 12.3 Å². The Morgan fingerprint density at radius 2 is 1.68 bits per heavy atom. The predicted octanol–water partition coefficient (Wildman–Crippen LogP) is -2.13. The number of aromatic nitrogens is 4. The smallest absolute Gasteiger partial charge is 0.355 e. The molecule has 2 aromatic heterocycles. The summed E-state index contributed by atoms with van der Waals surface area (Å²) in [4.78, 5) is 57.7. The number of nitrogens with zero attached hydrogens (tertiary/aromatic N) is 4. The van der Waals surface area contributed by atoms with Gasteiger partial charge in [0.25, 0.3) is 5.14 Å². The summed E-state index contributed by atoms with van der Waals surface area (Å²) in [5, 5.41) is 17.1. The van der Waals surface area contributed by atoms with Crippen LogP contribution in [0.3, 0.4) is 0 Å². The van der Waals surface area contributed by atoms with Crippen molar-refractivity contribution >= 4 is 39.8 Å². The molecular weight excluding hydrogens is 487 g/mol. The number of nitrogen functional groups attached to an aromatic ring is 1. The van der Waals surface area contributed by atoms with Crippen LogP contribution in [0.25, 0.3) is 11.2 Å². The molecule has 9 N–H and O–H groups in total. The summed E-state index contributed by atoms with van der Waals surface area (Å²) in [5.74, 6) is 0.0267. The van der Waals surface area contributed by atoms with Crippen LogP contribution in [-0.4, -0.2) is 84.3 Å². The Hall–Kier alpha value is -1.32. The molecule has 3 rings (SSSR count). The molecule has 2 aromatic rings. The number of nitrogens with two attached hydrogens (primary N) is 1. The minimum absolute atomic E-state index is 0.0267. The van der Waals surface area contributed by atoms with Gasteiger partial charge in [-0.15, -0.1) is 0 Å². The molecule has 1 unspecified atom stereocenters. The third kappa shape index (κ3) is 4.73. The second-order valence-corrected chi connectivity index (χ2v) is 13.0. The lowest BCUT2D eigenvalue weighted by Gasteiger charge is -2.25. The lowest BCUT2D eigenvalue weighted by Crippen LogP contribution is -2.34. The molecule has 1 aliphatic rings. The zero-order valence-corrected chi connectivity index (χ0v) is 17.8. The Kier molecular flexibility index (Phi) is 6.46. The summed E-state index contributed by atoms with van der Waals surface area (Å²) >= 11 is 0. The maximum atomic E-state index is 12.2. The quantitative estimate of drug-likeness (QED) is 0.186. The van der Waals surface area contributed by atoms with Crippen LogP contribution < -0.4 is 5.73 Å². The molecule has 3 heterocycles. The fourth-order valence-corrected chi connectivity index (χ4v) is 8.48. The highest BCUT2D eigenvalue weighted by molar-refractivity contribution is 7.87. The van der Waals surface area contributed by atoms with E-state index in [-0.39, 0.29) is 17.0 Å². The number of imidazole rings is 1. The van der Waals surface area contributed by atoms with Gasteiger partial charge < -0.3 is 49.7 Å². The van der Waals surface area contributed by atoms with E-state index in [0.717, 1.165) is 6.33 Å². The molecule has 1 aliphatic heterocycles. The number of ether oxygens (including phenoxy) is 1. The van der Waals surface area contributed by atoms with Crippen LogP contribution in [0.5, 0.6) is 0 Å². The molecule has 0 saturated carbocycles. The molecule has 0 amide bonds. The van der Waals surface area contributed by atoms with Crippen LogP contribution in [0, 0.1) is 0 Å². The first-order valence-corrected chi connectivity index (χ1v) is 13.2. The fourth-order valence-electron chi connectivity index (χ4n) is 2.98. The van der Waals surface area contributed by atoms with Crippen molar-refractivity contribution in [3.8, 4) is 0 Å². The molecule has 20 heteroatoms. The molecule has 5 atom stereocenters. The third-order valence-corrected chi connectivity index (χ3v) is 12.0. The number of anilines is 1. The van der Waals surface area contributed by atoms with Crippen molar-refractivity contribution in [1.29, 1.82) is 0 Å². The van der Waals surface area contributed by atoms with Crippen molar-refractivity contribution in [2.24, 2.45) is 0 Å². The number of rotatable bonds is 7. The zero-order valence-electron chi connectivity index (χ0n) is 15.1. The molecule has 0 aliphatic carbocycles. The average Bonchev–Trinajstić information content (AvgIpc) is 3.13. The van der Waals surface area contributed by atoms with Crippen molar-refractivity contribution < 1.29 is 57.6 Å². The molecule has 1 fully saturated rings. The van der Waals surface area contributed by atoms with Gasteiger partial charge in [-0.05, 0) is 0 Å². The van der Waals surface area contributed by atoms with Crippen molar-refractivity contribution in [3.63, 3.8) is 0 Å². The first-order valence-electron chi connectivity index (χ1n) is 8.16. The molecule has 0 aromatic carbocycles. The van der Waals surface area contributed by atoms with Crippen molar-refractivity contribution in [3.05, 3.63) is 12.7 Å². The van der Waals surface area contributed by atoms with Gasteiger partial charge in [0.2, 0.25) is 0 Å². The molecule has 1 saturated heterocycles. The first-order chi connectivity index (χ1) is 14.1. The number of hydrogen-bond donors (Lipinski definition) is 8. The average molecular weight is 505 g/mol. The van der Waals surface area contributed by atoms with Gasteiger partial charge in [-0.1, -0.05) is 0 Å². The van der Waals surface area contributed by atoms with E-state index in [1.807, 2.05) is 0 Å². The second kappa shape index (κ2) is 8.23. The van der Waals surface area contributed by atoms with Gasteiger partial charge in [0.15, 0.2) is 17.7 Å². The van der Waals surface area contributed by atoms with E-state index in [9.17, 15) is 28.8 Å². The largest absolute Gasteiger partial charge is 0.387 e. The highest BCUT2D eigenvalue weighted by Crippen LogP contribution is 2.75. The van der Waals surface area contributed by atoms with Crippen molar-refractivity contribution in [2.45, 2.75) is 29.7 Å². The van der Waals surface area contributed by atoms with Crippen LogP contribution in [0.1, 0.15) is 6.23 Å². The lowest BCUT2D eigenvalue weighted by atomic mass is 10.1. The topological polar surface area (TPSA) is 281 Å². The first kappa shape index (κ1) is 24.3. The summed E-state index contributed by atoms with van der Waals surface area (Å²) in [6, 6.07) is 0. The normalized spacial score (nSPS) is 27.1. The van der Waals surface area contributed by atoms with E-state index in [1.54, 1.807) is 0 Å². The molecular formula is C11H18N5O12P3. The van der Waals surface area contributed by atoms with E-state index in [4.69, 9.17) is 30.0 Å². The molecule has 31 heavy (non-hydrogen) atoms. The van der Waals surface area contributed by atoms with E-state index in [2.05, 4.69) is 19.5 Å².